The number of nitrogens with zero attached hydrogens (tertiary/aromatic N) is 4. The molecule has 2 aliphatic heterocycles. The van der Waals surface area contributed by atoms with Gasteiger partial charge in [0.15, 0.2) is 0 Å². The average molecular weight is 412 g/mol. The van der Waals surface area contributed by atoms with Crippen LogP contribution in [0.4, 0.5) is 0 Å². The molecule has 7 heteroatoms. The van der Waals surface area contributed by atoms with Crippen molar-refractivity contribution in [1.29, 1.82) is 0 Å². The minimum absolute atomic E-state index is 0.0487. The number of hydrogen-bond donors (Lipinski definition) is 1. The third-order valence-corrected chi connectivity index (χ3v) is 6.34. The van der Waals surface area contributed by atoms with E-state index < -0.39 is 0 Å². The van der Waals surface area contributed by atoms with Crippen LogP contribution < -0.4 is 10.1 Å². The Balaban J connectivity index is 1.35. The van der Waals surface area contributed by atoms with E-state index in [-0.39, 0.29) is 18.1 Å². The molecule has 2 saturated heterocycles. The second kappa shape index (κ2) is 9.62. The van der Waals surface area contributed by atoms with Crippen molar-refractivity contribution in [3.8, 4) is 5.75 Å². The number of amides is 1. The number of hydrogen-bond acceptors (Lipinski definition) is 5. The summed E-state index contributed by atoms with van der Waals surface area (Å²) in [5.41, 5.74) is 1.27. The highest BCUT2D eigenvalue weighted by atomic mass is 16.5. The normalized spacial score (nSPS) is 23.5. The topological polar surface area (TPSA) is 62.6 Å². The van der Waals surface area contributed by atoms with Crippen LogP contribution in [-0.2, 0) is 17.9 Å². The van der Waals surface area contributed by atoms with E-state index >= 15 is 0 Å². The zero-order valence-electron chi connectivity index (χ0n) is 18.0. The molecule has 1 aromatic carbocycles. The minimum Gasteiger partial charge on any atom is -0.489 e. The molecule has 30 heavy (non-hydrogen) atoms. The van der Waals surface area contributed by atoms with Crippen LogP contribution in [0.1, 0.15) is 31.7 Å². The first kappa shape index (κ1) is 20.9. The van der Waals surface area contributed by atoms with Crippen molar-refractivity contribution in [2.75, 3.05) is 26.7 Å². The maximum Gasteiger partial charge on any atom is 0.237 e. The summed E-state index contributed by atoms with van der Waals surface area (Å²) in [4.78, 5) is 17.5. The lowest BCUT2D eigenvalue weighted by Crippen LogP contribution is -2.50. The predicted octanol–water partition coefficient (Wildman–Crippen LogP) is 2.14. The number of piperidine rings is 1. The summed E-state index contributed by atoms with van der Waals surface area (Å²) < 4.78 is 8.17. The van der Waals surface area contributed by atoms with Gasteiger partial charge in [-0.1, -0.05) is 18.2 Å². The lowest BCUT2D eigenvalue weighted by atomic mass is 10.0. The van der Waals surface area contributed by atoms with Crippen molar-refractivity contribution < 1.29 is 9.53 Å². The van der Waals surface area contributed by atoms with E-state index in [0.717, 1.165) is 57.7 Å². The number of aryl methyl sites for hydroxylation is 1. The summed E-state index contributed by atoms with van der Waals surface area (Å²) in [5.74, 6) is 0.978. The van der Waals surface area contributed by atoms with E-state index in [1.54, 1.807) is 7.05 Å². The smallest absolute Gasteiger partial charge is 0.237 e. The molecule has 4 rings (SSSR count). The molecule has 0 saturated carbocycles. The first-order valence-electron chi connectivity index (χ1n) is 11.1. The Morgan fingerprint density at radius 2 is 2.00 bits per heavy atom. The van der Waals surface area contributed by atoms with Gasteiger partial charge in [0.05, 0.1) is 12.2 Å². The molecule has 2 aromatic rings. The molecule has 0 bridgehead atoms. The number of nitrogens with one attached hydrogen (secondary N) is 1. The van der Waals surface area contributed by atoms with Gasteiger partial charge < -0.3 is 10.1 Å². The Hall–Kier alpha value is -2.38. The molecule has 0 radical (unpaired) electrons. The lowest BCUT2D eigenvalue weighted by molar-refractivity contribution is -0.126. The second-order valence-electron chi connectivity index (χ2n) is 8.33. The summed E-state index contributed by atoms with van der Waals surface area (Å²) >= 11 is 0. The summed E-state index contributed by atoms with van der Waals surface area (Å²) in [6.07, 6.45) is 7.06. The van der Waals surface area contributed by atoms with Gasteiger partial charge >= 0.3 is 0 Å². The van der Waals surface area contributed by atoms with Crippen LogP contribution in [0.2, 0.25) is 0 Å². The van der Waals surface area contributed by atoms with E-state index in [2.05, 4.69) is 33.3 Å². The van der Waals surface area contributed by atoms with Gasteiger partial charge in [-0.25, -0.2) is 0 Å². The SMILES string of the molecule is CCn1cc(CN2CCC(N3C[C@@H](Oc4ccccc4)C[C@H]3C(=O)NC)CC2)cn1. The highest BCUT2D eigenvalue weighted by molar-refractivity contribution is 5.81. The fraction of sp³-hybridized carbons (Fsp3) is 0.565. The van der Waals surface area contributed by atoms with Gasteiger partial charge in [-0.05, 0) is 45.0 Å². The molecular weight excluding hydrogens is 378 g/mol. The summed E-state index contributed by atoms with van der Waals surface area (Å²) in [5, 5.41) is 7.24. The zero-order valence-corrected chi connectivity index (χ0v) is 18.0. The van der Waals surface area contributed by atoms with Crippen LogP contribution >= 0.6 is 0 Å². The largest absolute Gasteiger partial charge is 0.489 e. The van der Waals surface area contributed by atoms with E-state index in [1.807, 2.05) is 41.2 Å². The summed E-state index contributed by atoms with van der Waals surface area (Å²) in [7, 11) is 1.73. The van der Waals surface area contributed by atoms with E-state index in [9.17, 15) is 4.79 Å². The quantitative estimate of drug-likeness (QED) is 0.756. The maximum atomic E-state index is 12.6. The third kappa shape index (κ3) is 4.84. The molecule has 2 aliphatic rings. The van der Waals surface area contributed by atoms with E-state index in [1.165, 1.54) is 5.56 Å². The molecule has 1 N–H and O–H groups in total. The summed E-state index contributed by atoms with van der Waals surface area (Å²) in [6, 6.07) is 10.2. The van der Waals surface area contributed by atoms with Crippen LogP contribution in [0.25, 0.3) is 0 Å². The van der Waals surface area contributed by atoms with Crippen LogP contribution in [0.15, 0.2) is 42.7 Å². The number of likely N-dealkylation sites (tertiary alicyclic amines) is 2. The van der Waals surface area contributed by atoms with Gasteiger partial charge in [0, 0.05) is 50.9 Å². The lowest BCUT2D eigenvalue weighted by Gasteiger charge is -2.38. The number of carbonyl (C=O) groups excluding carboxylic acids is 1. The maximum absolute atomic E-state index is 12.6. The van der Waals surface area contributed by atoms with Gasteiger partial charge in [0.2, 0.25) is 5.91 Å². The van der Waals surface area contributed by atoms with Crippen LogP contribution in [0.5, 0.6) is 5.75 Å². The first-order valence-corrected chi connectivity index (χ1v) is 11.1. The van der Waals surface area contributed by atoms with Crippen LogP contribution in [0.3, 0.4) is 0 Å². The number of likely N-dealkylation sites (N-methyl/N-ethyl adjacent to an activating group) is 1. The van der Waals surface area contributed by atoms with Crippen molar-refractivity contribution in [3.05, 3.63) is 48.3 Å². The Bertz CT molecular complexity index is 816. The molecule has 0 spiro atoms. The Morgan fingerprint density at radius 1 is 1.23 bits per heavy atom. The van der Waals surface area contributed by atoms with Gasteiger partial charge in [-0.3, -0.25) is 19.3 Å². The minimum atomic E-state index is -0.108. The van der Waals surface area contributed by atoms with Gasteiger partial charge in [-0.2, -0.15) is 5.10 Å². The zero-order chi connectivity index (χ0) is 20.9. The number of rotatable bonds is 7. The van der Waals surface area contributed by atoms with Crippen LogP contribution in [-0.4, -0.2) is 70.4 Å². The molecule has 162 valence electrons. The van der Waals surface area contributed by atoms with Crippen LogP contribution in [0, 0.1) is 0 Å². The first-order chi connectivity index (χ1) is 14.7. The van der Waals surface area contributed by atoms with E-state index in [4.69, 9.17) is 4.74 Å². The molecule has 7 nitrogen and oxygen atoms in total. The number of ether oxygens (including phenoxy) is 1. The number of aromatic nitrogens is 2. The second-order valence-corrected chi connectivity index (χ2v) is 8.33. The Morgan fingerprint density at radius 3 is 2.67 bits per heavy atom. The summed E-state index contributed by atoms with van der Waals surface area (Å²) in [6.45, 7) is 6.86. The number of benzene rings is 1. The van der Waals surface area contributed by atoms with Gasteiger partial charge in [0.1, 0.15) is 11.9 Å². The molecule has 0 unspecified atom stereocenters. The monoisotopic (exact) mass is 411 g/mol. The molecule has 1 aromatic heterocycles. The van der Waals surface area contributed by atoms with Crippen molar-refractivity contribution in [1.82, 2.24) is 24.9 Å². The van der Waals surface area contributed by atoms with E-state index in [0.29, 0.717) is 6.04 Å². The van der Waals surface area contributed by atoms with Crippen molar-refractivity contribution in [3.63, 3.8) is 0 Å². The highest BCUT2D eigenvalue weighted by Gasteiger charge is 2.41. The van der Waals surface area contributed by atoms with Crippen molar-refractivity contribution in [2.24, 2.45) is 0 Å². The highest BCUT2D eigenvalue weighted by Crippen LogP contribution is 2.29. The third-order valence-electron chi connectivity index (χ3n) is 6.34. The fourth-order valence-corrected chi connectivity index (χ4v) is 4.75. The Labute approximate surface area is 179 Å². The van der Waals surface area contributed by atoms with Crippen molar-refractivity contribution >= 4 is 5.91 Å². The Kier molecular flexibility index (Phi) is 6.69. The number of para-hydroxylation sites is 1. The van der Waals surface area contributed by atoms with Crippen molar-refractivity contribution in [2.45, 2.75) is 57.5 Å². The molecule has 1 amide bonds. The molecule has 2 fully saturated rings. The molecular formula is C23H33N5O2. The fourth-order valence-electron chi connectivity index (χ4n) is 4.75. The average Bonchev–Trinajstić information content (AvgIpc) is 3.41. The number of carbonyl (C=O) groups is 1. The molecule has 0 aliphatic carbocycles. The molecule has 3 heterocycles. The standard InChI is InChI=1S/C23H33N5O2/c1-3-27-16-18(14-25-27)15-26-11-9-19(10-12-26)28-17-21(13-22(28)23(29)24-2)30-20-7-5-4-6-8-20/h4-8,14,16,19,21-22H,3,9-13,15,17H2,1-2H3,(H,24,29)/t21-,22-/m0/s1. The van der Waals surface area contributed by atoms with Gasteiger partial charge in [-0.15, -0.1) is 0 Å². The predicted molar refractivity (Wildman–Crippen MR) is 116 cm³/mol. The van der Waals surface area contributed by atoms with Gasteiger partial charge in [0.25, 0.3) is 0 Å². The molecule has 2 atom stereocenters.